The SMILES string of the molecule is CC1(CNC(=O)C2CCCCCN2)CCCO1. The second-order valence-corrected chi connectivity index (χ2v) is 5.48. The average Bonchev–Trinajstić information content (AvgIpc) is 2.60. The topological polar surface area (TPSA) is 50.4 Å². The van der Waals surface area contributed by atoms with Gasteiger partial charge >= 0.3 is 0 Å². The molecule has 0 bridgehead atoms. The fourth-order valence-corrected chi connectivity index (χ4v) is 2.63. The van der Waals surface area contributed by atoms with Crippen molar-refractivity contribution in [3.05, 3.63) is 0 Å². The lowest BCUT2D eigenvalue weighted by Crippen LogP contribution is -2.48. The number of nitrogens with one attached hydrogen (secondary N) is 2. The van der Waals surface area contributed by atoms with Crippen molar-refractivity contribution < 1.29 is 9.53 Å². The third-order valence-corrected chi connectivity index (χ3v) is 3.81. The first-order chi connectivity index (χ1) is 8.20. The number of carbonyl (C=O) groups excluding carboxylic acids is 1. The summed E-state index contributed by atoms with van der Waals surface area (Å²) in [4.78, 5) is 12.0. The van der Waals surface area contributed by atoms with Gasteiger partial charge in [-0.05, 0) is 39.2 Å². The first kappa shape index (κ1) is 12.8. The molecule has 0 aliphatic carbocycles. The molecule has 4 heteroatoms. The monoisotopic (exact) mass is 240 g/mol. The van der Waals surface area contributed by atoms with Crippen LogP contribution in [0.15, 0.2) is 0 Å². The van der Waals surface area contributed by atoms with E-state index in [1.54, 1.807) is 0 Å². The van der Waals surface area contributed by atoms with E-state index in [4.69, 9.17) is 4.74 Å². The van der Waals surface area contributed by atoms with Crippen LogP contribution in [0.25, 0.3) is 0 Å². The van der Waals surface area contributed by atoms with Crippen LogP contribution in [-0.4, -0.2) is 37.2 Å². The lowest BCUT2D eigenvalue weighted by molar-refractivity contribution is -0.124. The van der Waals surface area contributed by atoms with Crippen LogP contribution < -0.4 is 10.6 Å². The molecule has 0 spiro atoms. The highest BCUT2D eigenvalue weighted by atomic mass is 16.5. The Hall–Kier alpha value is -0.610. The summed E-state index contributed by atoms with van der Waals surface area (Å²) in [6, 6.07) is 0.00232. The van der Waals surface area contributed by atoms with Gasteiger partial charge in [-0.1, -0.05) is 12.8 Å². The Balaban J connectivity index is 1.75. The average molecular weight is 240 g/mol. The third kappa shape index (κ3) is 3.68. The van der Waals surface area contributed by atoms with E-state index in [0.717, 1.165) is 38.8 Å². The van der Waals surface area contributed by atoms with Gasteiger partial charge in [-0.3, -0.25) is 4.79 Å². The van der Waals surface area contributed by atoms with Gasteiger partial charge in [0.25, 0.3) is 0 Å². The zero-order chi connectivity index (χ0) is 12.1. The van der Waals surface area contributed by atoms with E-state index in [-0.39, 0.29) is 17.6 Å². The maximum Gasteiger partial charge on any atom is 0.237 e. The summed E-state index contributed by atoms with van der Waals surface area (Å²) in [7, 11) is 0. The number of hydrogen-bond acceptors (Lipinski definition) is 3. The van der Waals surface area contributed by atoms with E-state index in [1.807, 2.05) is 0 Å². The normalized spacial score (nSPS) is 34.3. The maximum atomic E-state index is 12.0. The lowest BCUT2D eigenvalue weighted by atomic mass is 10.0. The fourth-order valence-electron chi connectivity index (χ4n) is 2.63. The Kier molecular flexibility index (Phi) is 4.40. The molecule has 0 aromatic heterocycles. The van der Waals surface area contributed by atoms with Gasteiger partial charge in [-0.15, -0.1) is 0 Å². The minimum atomic E-state index is -0.139. The van der Waals surface area contributed by atoms with Crippen LogP contribution in [0.3, 0.4) is 0 Å². The largest absolute Gasteiger partial charge is 0.373 e. The Morgan fingerprint density at radius 1 is 1.41 bits per heavy atom. The van der Waals surface area contributed by atoms with Crippen molar-refractivity contribution in [2.24, 2.45) is 0 Å². The molecule has 17 heavy (non-hydrogen) atoms. The minimum Gasteiger partial charge on any atom is -0.373 e. The van der Waals surface area contributed by atoms with Crippen molar-refractivity contribution >= 4 is 5.91 Å². The molecular formula is C13H24N2O2. The first-order valence-corrected chi connectivity index (χ1v) is 6.85. The van der Waals surface area contributed by atoms with Gasteiger partial charge in [-0.25, -0.2) is 0 Å². The first-order valence-electron chi connectivity index (χ1n) is 6.85. The molecule has 2 fully saturated rings. The number of hydrogen-bond donors (Lipinski definition) is 2. The summed E-state index contributed by atoms with van der Waals surface area (Å²) in [6.45, 7) is 4.52. The van der Waals surface area contributed by atoms with Crippen LogP contribution in [0.1, 0.15) is 45.4 Å². The van der Waals surface area contributed by atoms with Crippen LogP contribution in [0, 0.1) is 0 Å². The Morgan fingerprint density at radius 2 is 2.29 bits per heavy atom. The third-order valence-electron chi connectivity index (χ3n) is 3.81. The molecule has 4 nitrogen and oxygen atoms in total. The van der Waals surface area contributed by atoms with Crippen molar-refractivity contribution in [2.75, 3.05) is 19.7 Å². The Morgan fingerprint density at radius 3 is 3.06 bits per heavy atom. The van der Waals surface area contributed by atoms with Crippen molar-refractivity contribution in [3.63, 3.8) is 0 Å². The summed E-state index contributed by atoms with van der Waals surface area (Å²) in [6.07, 6.45) is 6.68. The molecule has 2 rings (SSSR count). The summed E-state index contributed by atoms with van der Waals surface area (Å²) >= 11 is 0. The molecule has 2 heterocycles. The van der Waals surface area contributed by atoms with Crippen molar-refractivity contribution in [1.82, 2.24) is 10.6 Å². The van der Waals surface area contributed by atoms with Crippen molar-refractivity contribution in [2.45, 2.75) is 57.1 Å². The van der Waals surface area contributed by atoms with E-state index < -0.39 is 0 Å². The number of rotatable bonds is 3. The summed E-state index contributed by atoms with van der Waals surface area (Å²) in [5.74, 6) is 0.142. The second kappa shape index (κ2) is 5.83. The van der Waals surface area contributed by atoms with Gasteiger partial charge in [0.1, 0.15) is 0 Å². The van der Waals surface area contributed by atoms with Gasteiger partial charge in [0.05, 0.1) is 11.6 Å². The molecule has 2 saturated heterocycles. The Bertz CT molecular complexity index is 254. The van der Waals surface area contributed by atoms with E-state index in [9.17, 15) is 4.79 Å². The van der Waals surface area contributed by atoms with Crippen LogP contribution in [0.2, 0.25) is 0 Å². The minimum absolute atomic E-state index is 0.00232. The highest BCUT2D eigenvalue weighted by Crippen LogP contribution is 2.23. The molecule has 2 aliphatic heterocycles. The molecule has 2 aliphatic rings. The molecule has 0 saturated carbocycles. The predicted molar refractivity (Wildman–Crippen MR) is 66.9 cm³/mol. The van der Waals surface area contributed by atoms with E-state index >= 15 is 0 Å². The quantitative estimate of drug-likeness (QED) is 0.779. The zero-order valence-corrected chi connectivity index (χ0v) is 10.8. The molecule has 2 unspecified atom stereocenters. The standard InChI is InChI=1S/C13H24N2O2/c1-13(7-5-9-17-13)10-15-12(16)11-6-3-2-4-8-14-11/h11,14H,2-10H2,1H3,(H,15,16). The van der Waals surface area contributed by atoms with Crippen LogP contribution in [-0.2, 0) is 9.53 Å². The van der Waals surface area contributed by atoms with E-state index in [2.05, 4.69) is 17.6 Å². The highest BCUT2D eigenvalue weighted by Gasteiger charge is 2.31. The molecule has 2 atom stereocenters. The zero-order valence-electron chi connectivity index (χ0n) is 10.8. The fraction of sp³-hybridized carbons (Fsp3) is 0.923. The van der Waals surface area contributed by atoms with E-state index in [1.165, 1.54) is 12.8 Å². The number of amides is 1. The molecule has 0 aromatic carbocycles. The molecular weight excluding hydrogens is 216 g/mol. The predicted octanol–water partition coefficient (Wildman–Crippen LogP) is 1.20. The van der Waals surface area contributed by atoms with Crippen LogP contribution >= 0.6 is 0 Å². The molecule has 0 radical (unpaired) electrons. The number of carbonyl (C=O) groups is 1. The maximum absolute atomic E-state index is 12.0. The summed E-state index contributed by atoms with van der Waals surface area (Å²) in [5.41, 5.74) is -0.139. The van der Waals surface area contributed by atoms with Gasteiger partial charge in [0.2, 0.25) is 5.91 Å². The molecule has 98 valence electrons. The van der Waals surface area contributed by atoms with E-state index in [0.29, 0.717) is 6.54 Å². The van der Waals surface area contributed by atoms with Crippen molar-refractivity contribution in [1.29, 1.82) is 0 Å². The van der Waals surface area contributed by atoms with Gasteiger partial charge in [0.15, 0.2) is 0 Å². The van der Waals surface area contributed by atoms with Crippen LogP contribution in [0.4, 0.5) is 0 Å². The summed E-state index contributed by atoms with van der Waals surface area (Å²) < 4.78 is 5.67. The Labute approximate surface area is 103 Å². The molecule has 0 aromatic rings. The number of ether oxygens (including phenoxy) is 1. The molecule has 1 amide bonds. The van der Waals surface area contributed by atoms with Crippen molar-refractivity contribution in [3.8, 4) is 0 Å². The second-order valence-electron chi connectivity index (χ2n) is 5.48. The summed E-state index contributed by atoms with van der Waals surface area (Å²) in [5, 5.41) is 6.35. The van der Waals surface area contributed by atoms with Gasteiger partial charge in [0, 0.05) is 13.2 Å². The van der Waals surface area contributed by atoms with Gasteiger partial charge < -0.3 is 15.4 Å². The lowest BCUT2D eigenvalue weighted by Gasteiger charge is -2.25. The van der Waals surface area contributed by atoms with Crippen LogP contribution in [0.5, 0.6) is 0 Å². The highest BCUT2D eigenvalue weighted by molar-refractivity contribution is 5.81. The molecule has 2 N–H and O–H groups in total. The smallest absolute Gasteiger partial charge is 0.237 e. The van der Waals surface area contributed by atoms with Gasteiger partial charge in [-0.2, -0.15) is 0 Å².